The molecule has 0 spiro atoms. The Bertz CT molecular complexity index is 656. The fraction of sp³-hybridized carbons (Fsp3) is 0. The van der Waals surface area contributed by atoms with Crippen LogP contribution in [0.1, 0.15) is 0 Å². The van der Waals surface area contributed by atoms with Gasteiger partial charge in [-0.15, -0.1) is 0 Å². The molecule has 3 rings (SSSR count). The van der Waals surface area contributed by atoms with Crippen LogP contribution in [0.5, 0.6) is 0 Å². The van der Waals surface area contributed by atoms with E-state index in [-0.39, 0.29) is 0 Å². The lowest BCUT2D eigenvalue weighted by Gasteiger charge is -1.99. The molecule has 0 aliphatic rings. The lowest BCUT2D eigenvalue weighted by Crippen LogP contribution is -1.75. The number of halogens is 1. The highest BCUT2D eigenvalue weighted by molar-refractivity contribution is 6.33. The van der Waals surface area contributed by atoms with Crippen molar-refractivity contribution in [1.29, 1.82) is 0 Å². The van der Waals surface area contributed by atoms with Gasteiger partial charge in [0.05, 0.1) is 0 Å². The van der Waals surface area contributed by atoms with Gasteiger partial charge in [0.15, 0.2) is 0 Å². The van der Waals surface area contributed by atoms with Crippen LogP contribution in [0, 0.1) is 0 Å². The molecule has 1 nitrogen and oxygen atoms in total. The number of benzene rings is 2. The quantitative estimate of drug-likeness (QED) is 0.661. The SMILES string of the molecule is Clc1ccccc1-c1c[nH]c(-c2ccccc2)c1. The Hall–Kier alpha value is -1.99. The molecule has 0 radical (unpaired) electrons. The van der Waals surface area contributed by atoms with E-state index >= 15 is 0 Å². The Balaban J connectivity index is 2.03. The first-order valence-corrected chi connectivity index (χ1v) is 6.21. The molecular weight excluding hydrogens is 242 g/mol. The minimum atomic E-state index is 0.774. The van der Waals surface area contributed by atoms with E-state index in [0.29, 0.717) is 0 Å². The van der Waals surface area contributed by atoms with E-state index in [1.807, 2.05) is 48.7 Å². The molecule has 1 heterocycles. The van der Waals surface area contributed by atoms with Crippen molar-refractivity contribution in [3.63, 3.8) is 0 Å². The average molecular weight is 254 g/mol. The van der Waals surface area contributed by atoms with Crippen LogP contribution in [0.15, 0.2) is 66.9 Å². The smallest absolute Gasteiger partial charge is 0.0484 e. The molecule has 0 atom stereocenters. The molecule has 0 saturated carbocycles. The summed E-state index contributed by atoms with van der Waals surface area (Å²) in [6.07, 6.45) is 1.99. The molecule has 0 fully saturated rings. The van der Waals surface area contributed by atoms with Crippen molar-refractivity contribution in [2.24, 2.45) is 0 Å². The van der Waals surface area contributed by atoms with Crippen LogP contribution in [0.25, 0.3) is 22.4 Å². The normalized spacial score (nSPS) is 10.5. The molecule has 0 bridgehead atoms. The third-order valence-electron chi connectivity index (χ3n) is 2.95. The monoisotopic (exact) mass is 253 g/mol. The van der Waals surface area contributed by atoms with Crippen LogP contribution in [0.4, 0.5) is 0 Å². The van der Waals surface area contributed by atoms with E-state index in [0.717, 1.165) is 21.8 Å². The molecule has 18 heavy (non-hydrogen) atoms. The zero-order chi connectivity index (χ0) is 12.4. The average Bonchev–Trinajstić information content (AvgIpc) is 2.90. The van der Waals surface area contributed by atoms with Gasteiger partial charge in [0.1, 0.15) is 0 Å². The molecule has 2 heteroatoms. The molecule has 0 saturated heterocycles. The van der Waals surface area contributed by atoms with Gasteiger partial charge in [0, 0.05) is 28.0 Å². The van der Waals surface area contributed by atoms with Crippen LogP contribution in [0.2, 0.25) is 5.02 Å². The van der Waals surface area contributed by atoms with Crippen molar-refractivity contribution in [2.75, 3.05) is 0 Å². The van der Waals surface area contributed by atoms with E-state index in [9.17, 15) is 0 Å². The van der Waals surface area contributed by atoms with E-state index in [1.54, 1.807) is 0 Å². The Labute approximate surface area is 111 Å². The number of H-pyrrole nitrogens is 1. The number of rotatable bonds is 2. The molecule has 2 aromatic carbocycles. The summed E-state index contributed by atoms with van der Waals surface area (Å²) in [5.74, 6) is 0. The topological polar surface area (TPSA) is 15.8 Å². The maximum atomic E-state index is 6.20. The standard InChI is InChI=1S/C16H12ClN/c17-15-9-5-4-8-14(15)13-10-16(18-11-13)12-6-2-1-3-7-12/h1-11,18H. The zero-order valence-electron chi connectivity index (χ0n) is 9.73. The number of hydrogen-bond donors (Lipinski definition) is 1. The summed E-state index contributed by atoms with van der Waals surface area (Å²) in [5.41, 5.74) is 4.44. The Morgan fingerprint density at radius 3 is 2.28 bits per heavy atom. The summed E-state index contributed by atoms with van der Waals surface area (Å²) in [5, 5.41) is 0.774. The molecule has 3 aromatic rings. The van der Waals surface area contributed by atoms with Gasteiger partial charge in [-0.05, 0) is 17.7 Å². The maximum absolute atomic E-state index is 6.20. The fourth-order valence-corrected chi connectivity index (χ4v) is 2.27. The van der Waals surface area contributed by atoms with Crippen molar-refractivity contribution < 1.29 is 0 Å². The first-order chi connectivity index (χ1) is 8.84. The number of hydrogen-bond acceptors (Lipinski definition) is 0. The van der Waals surface area contributed by atoms with Crippen molar-refractivity contribution in [2.45, 2.75) is 0 Å². The molecule has 1 N–H and O–H groups in total. The van der Waals surface area contributed by atoms with Gasteiger partial charge < -0.3 is 4.98 Å². The zero-order valence-corrected chi connectivity index (χ0v) is 10.5. The molecule has 0 unspecified atom stereocenters. The van der Waals surface area contributed by atoms with Crippen molar-refractivity contribution >= 4 is 11.6 Å². The molecule has 0 aliphatic carbocycles. The third kappa shape index (κ3) is 2.05. The van der Waals surface area contributed by atoms with Gasteiger partial charge >= 0.3 is 0 Å². The van der Waals surface area contributed by atoms with Crippen molar-refractivity contribution in [1.82, 2.24) is 4.98 Å². The van der Waals surface area contributed by atoms with Crippen LogP contribution >= 0.6 is 11.6 Å². The van der Waals surface area contributed by atoms with Crippen LogP contribution in [-0.4, -0.2) is 4.98 Å². The molecule has 88 valence electrons. The van der Waals surface area contributed by atoms with Gasteiger partial charge in [0.25, 0.3) is 0 Å². The maximum Gasteiger partial charge on any atom is 0.0484 e. The van der Waals surface area contributed by atoms with Gasteiger partial charge in [-0.1, -0.05) is 60.1 Å². The summed E-state index contributed by atoms with van der Waals surface area (Å²) in [6.45, 7) is 0. The highest BCUT2D eigenvalue weighted by Crippen LogP contribution is 2.30. The Morgan fingerprint density at radius 1 is 0.778 bits per heavy atom. The number of aromatic nitrogens is 1. The summed E-state index contributed by atoms with van der Waals surface area (Å²) in [4.78, 5) is 3.29. The summed E-state index contributed by atoms with van der Waals surface area (Å²) < 4.78 is 0. The first-order valence-electron chi connectivity index (χ1n) is 5.83. The second kappa shape index (κ2) is 4.71. The lowest BCUT2D eigenvalue weighted by molar-refractivity contribution is 1.40. The van der Waals surface area contributed by atoms with Crippen molar-refractivity contribution in [3.05, 3.63) is 71.9 Å². The predicted octanol–water partition coefficient (Wildman–Crippen LogP) is 5.00. The van der Waals surface area contributed by atoms with E-state index in [4.69, 9.17) is 11.6 Å². The molecule has 1 aromatic heterocycles. The van der Waals surface area contributed by atoms with Crippen LogP contribution in [0.3, 0.4) is 0 Å². The molecule has 0 aliphatic heterocycles. The number of aromatic amines is 1. The van der Waals surface area contributed by atoms with Gasteiger partial charge in [-0.3, -0.25) is 0 Å². The minimum absolute atomic E-state index is 0.774. The molecular formula is C16H12ClN. The van der Waals surface area contributed by atoms with E-state index < -0.39 is 0 Å². The Morgan fingerprint density at radius 2 is 1.50 bits per heavy atom. The van der Waals surface area contributed by atoms with E-state index in [2.05, 4.69) is 23.2 Å². The van der Waals surface area contributed by atoms with Crippen LogP contribution in [-0.2, 0) is 0 Å². The molecule has 0 amide bonds. The van der Waals surface area contributed by atoms with Gasteiger partial charge in [-0.2, -0.15) is 0 Å². The summed E-state index contributed by atoms with van der Waals surface area (Å²) in [6, 6.07) is 20.2. The minimum Gasteiger partial charge on any atom is -0.361 e. The second-order valence-corrected chi connectivity index (χ2v) is 4.56. The Kier molecular flexibility index (Phi) is 2.91. The van der Waals surface area contributed by atoms with Gasteiger partial charge in [-0.25, -0.2) is 0 Å². The lowest BCUT2D eigenvalue weighted by atomic mass is 10.1. The fourth-order valence-electron chi connectivity index (χ4n) is 2.03. The van der Waals surface area contributed by atoms with Crippen molar-refractivity contribution in [3.8, 4) is 22.4 Å². The summed E-state index contributed by atoms with van der Waals surface area (Å²) >= 11 is 6.20. The second-order valence-electron chi connectivity index (χ2n) is 4.15. The predicted molar refractivity (Wildman–Crippen MR) is 76.7 cm³/mol. The van der Waals surface area contributed by atoms with Crippen LogP contribution < -0.4 is 0 Å². The highest BCUT2D eigenvalue weighted by atomic mass is 35.5. The first kappa shape index (κ1) is 11.1. The number of nitrogens with one attached hydrogen (secondary N) is 1. The van der Waals surface area contributed by atoms with Gasteiger partial charge in [0.2, 0.25) is 0 Å². The van der Waals surface area contributed by atoms with E-state index in [1.165, 1.54) is 5.56 Å². The largest absolute Gasteiger partial charge is 0.361 e. The highest BCUT2D eigenvalue weighted by Gasteiger charge is 2.06. The third-order valence-corrected chi connectivity index (χ3v) is 3.28. The summed E-state index contributed by atoms with van der Waals surface area (Å²) in [7, 11) is 0.